The average Bonchev–Trinajstić information content (AvgIpc) is 2.64. The third-order valence-electron chi connectivity index (χ3n) is 3.92. The number of rotatable bonds is 11. The minimum Gasteiger partial charge on any atom is -0.484 e. The molecule has 0 saturated heterocycles. The van der Waals surface area contributed by atoms with E-state index in [1.807, 2.05) is 24.3 Å². The number of nitrogens with zero attached hydrogens (tertiary/aromatic N) is 1. The molecule has 1 aromatic carbocycles. The third kappa shape index (κ3) is 7.56. The standard InChI is InChI=1S/C19H29NO5/c1-5-16-7-9-17(10-8-16)25-14-18(21)20(11-6-12-23-3)13-15(2)19(22)24-4/h7-10,15H,5-6,11-14H2,1-4H3. The van der Waals surface area contributed by atoms with E-state index in [1.54, 1.807) is 18.9 Å². The summed E-state index contributed by atoms with van der Waals surface area (Å²) < 4.78 is 15.4. The van der Waals surface area contributed by atoms with Crippen LogP contribution < -0.4 is 4.74 Å². The summed E-state index contributed by atoms with van der Waals surface area (Å²) in [6.07, 6.45) is 1.65. The van der Waals surface area contributed by atoms with Crippen molar-refractivity contribution in [3.63, 3.8) is 0 Å². The molecule has 6 heteroatoms. The van der Waals surface area contributed by atoms with Gasteiger partial charge in [0.1, 0.15) is 5.75 Å². The van der Waals surface area contributed by atoms with Crippen LogP contribution in [0.25, 0.3) is 0 Å². The van der Waals surface area contributed by atoms with Crippen LogP contribution in [0.1, 0.15) is 25.8 Å². The van der Waals surface area contributed by atoms with Crippen LogP contribution in [0, 0.1) is 5.92 Å². The van der Waals surface area contributed by atoms with Crippen molar-refractivity contribution in [3.8, 4) is 5.75 Å². The maximum absolute atomic E-state index is 12.5. The van der Waals surface area contributed by atoms with Crippen LogP contribution in [0.4, 0.5) is 0 Å². The highest BCUT2D eigenvalue weighted by molar-refractivity contribution is 5.79. The summed E-state index contributed by atoms with van der Waals surface area (Å²) in [5, 5.41) is 0. The van der Waals surface area contributed by atoms with Gasteiger partial charge in [-0.1, -0.05) is 26.0 Å². The molecule has 1 aromatic rings. The summed E-state index contributed by atoms with van der Waals surface area (Å²) in [4.78, 5) is 25.7. The highest BCUT2D eigenvalue weighted by Gasteiger charge is 2.21. The second-order valence-electron chi connectivity index (χ2n) is 5.90. The Morgan fingerprint density at radius 3 is 2.40 bits per heavy atom. The number of benzene rings is 1. The lowest BCUT2D eigenvalue weighted by atomic mass is 10.1. The molecule has 1 amide bonds. The summed E-state index contributed by atoms with van der Waals surface area (Å²) in [6.45, 7) is 5.12. The molecule has 0 aliphatic heterocycles. The minimum absolute atomic E-state index is 0.0631. The van der Waals surface area contributed by atoms with Crippen molar-refractivity contribution in [2.75, 3.05) is 40.5 Å². The van der Waals surface area contributed by atoms with Gasteiger partial charge in [-0.25, -0.2) is 0 Å². The van der Waals surface area contributed by atoms with Gasteiger partial charge in [0.2, 0.25) is 0 Å². The molecule has 0 bridgehead atoms. The van der Waals surface area contributed by atoms with E-state index in [-0.39, 0.29) is 24.4 Å². The van der Waals surface area contributed by atoms with Crippen molar-refractivity contribution in [2.24, 2.45) is 5.92 Å². The molecule has 0 saturated carbocycles. The Morgan fingerprint density at radius 2 is 1.84 bits per heavy atom. The van der Waals surface area contributed by atoms with E-state index in [1.165, 1.54) is 12.7 Å². The SMILES string of the molecule is CCc1ccc(OCC(=O)N(CCCOC)CC(C)C(=O)OC)cc1. The van der Waals surface area contributed by atoms with Gasteiger partial charge in [-0.15, -0.1) is 0 Å². The number of carbonyl (C=O) groups excluding carboxylic acids is 2. The molecule has 1 rings (SSSR count). The first-order valence-corrected chi connectivity index (χ1v) is 8.58. The Labute approximate surface area is 150 Å². The molecule has 0 radical (unpaired) electrons. The van der Waals surface area contributed by atoms with Gasteiger partial charge in [-0.05, 0) is 30.5 Å². The predicted molar refractivity (Wildman–Crippen MR) is 95.6 cm³/mol. The summed E-state index contributed by atoms with van der Waals surface area (Å²) in [5.74, 6) is -0.226. The van der Waals surface area contributed by atoms with Gasteiger partial charge in [0, 0.05) is 26.8 Å². The Hall–Kier alpha value is -2.08. The molecule has 0 N–H and O–H groups in total. The molecule has 140 valence electrons. The summed E-state index contributed by atoms with van der Waals surface area (Å²) in [5.41, 5.74) is 1.21. The van der Waals surface area contributed by atoms with E-state index in [2.05, 4.69) is 6.92 Å². The first kappa shape index (κ1) is 21.0. The van der Waals surface area contributed by atoms with Crippen LogP contribution in [-0.4, -0.2) is 57.3 Å². The molecule has 6 nitrogen and oxygen atoms in total. The first-order chi connectivity index (χ1) is 12.0. The number of esters is 1. The zero-order valence-electron chi connectivity index (χ0n) is 15.6. The first-order valence-electron chi connectivity index (χ1n) is 8.58. The topological polar surface area (TPSA) is 65.1 Å². The zero-order valence-corrected chi connectivity index (χ0v) is 15.6. The highest BCUT2D eigenvalue weighted by Crippen LogP contribution is 2.13. The molecule has 0 fully saturated rings. The lowest BCUT2D eigenvalue weighted by molar-refractivity contribution is -0.146. The molecular formula is C19H29NO5. The molecule has 0 spiro atoms. The summed E-state index contributed by atoms with van der Waals surface area (Å²) >= 11 is 0. The maximum Gasteiger partial charge on any atom is 0.310 e. The fourth-order valence-electron chi connectivity index (χ4n) is 2.38. The monoisotopic (exact) mass is 351 g/mol. The van der Waals surface area contributed by atoms with Crippen LogP contribution in [0.15, 0.2) is 24.3 Å². The largest absolute Gasteiger partial charge is 0.484 e. The fraction of sp³-hybridized carbons (Fsp3) is 0.579. The van der Waals surface area contributed by atoms with E-state index in [0.29, 0.717) is 31.9 Å². The van der Waals surface area contributed by atoms with Crippen LogP contribution in [0.3, 0.4) is 0 Å². The number of amides is 1. The van der Waals surface area contributed by atoms with Gasteiger partial charge >= 0.3 is 5.97 Å². The van der Waals surface area contributed by atoms with Gasteiger partial charge in [-0.2, -0.15) is 0 Å². The normalized spacial score (nSPS) is 11.7. The zero-order chi connectivity index (χ0) is 18.7. The lowest BCUT2D eigenvalue weighted by Gasteiger charge is -2.25. The fourth-order valence-corrected chi connectivity index (χ4v) is 2.38. The van der Waals surface area contributed by atoms with Crippen molar-refractivity contribution in [2.45, 2.75) is 26.7 Å². The Bertz CT molecular complexity index is 529. The quantitative estimate of drug-likeness (QED) is 0.452. The highest BCUT2D eigenvalue weighted by atomic mass is 16.5. The molecule has 0 heterocycles. The molecule has 0 aliphatic carbocycles. The van der Waals surface area contributed by atoms with Crippen molar-refractivity contribution in [1.29, 1.82) is 0 Å². The van der Waals surface area contributed by atoms with Crippen molar-refractivity contribution in [3.05, 3.63) is 29.8 Å². The van der Waals surface area contributed by atoms with Crippen molar-refractivity contribution >= 4 is 11.9 Å². The number of aryl methyl sites for hydroxylation is 1. The summed E-state index contributed by atoms with van der Waals surface area (Å²) in [7, 11) is 2.96. The van der Waals surface area contributed by atoms with Gasteiger partial charge in [0.05, 0.1) is 13.0 Å². The molecule has 0 aromatic heterocycles. The number of hydrogen-bond acceptors (Lipinski definition) is 5. The molecule has 1 unspecified atom stereocenters. The molecular weight excluding hydrogens is 322 g/mol. The number of hydrogen-bond donors (Lipinski definition) is 0. The second-order valence-corrected chi connectivity index (χ2v) is 5.90. The Kier molecular flexibility index (Phi) is 9.62. The Morgan fingerprint density at radius 1 is 1.16 bits per heavy atom. The summed E-state index contributed by atoms with van der Waals surface area (Å²) in [6, 6.07) is 7.68. The van der Waals surface area contributed by atoms with Gasteiger partial charge in [0.15, 0.2) is 6.61 Å². The van der Waals surface area contributed by atoms with Crippen LogP contribution in [0.5, 0.6) is 5.75 Å². The lowest BCUT2D eigenvalue weighted by Crippen LogP contribution is -2.40. The van der Waals surface area contributed by atoms with E-state index >= 15 is 0 Å². The van der Waals surface area contributed by atoms with E-state index in [0.717, 1.165) is 6.42 Å². The maximum atomic E-state index is 12.5. The second kappa shape index (κ2) is 11.5. The van der Waals surface area contributed by atoms with Crippen LogP contribution in [0.2, 0.25) is 0 Å². The van der Waals surface area contributed by atoms with E-state index in [4.69, 9.17) is 14.2 Å². The number of carbonyl (C=O) groups is 2. The van der Waals surface area contributed by atoms with Gasteiger partial charge < -0.3 is 19.1 Å². The van der Waals surface area contributed by atoms with Crippen LogP contribution in [-0.2, 0) is 25.5 Å². The average molecular weight is 351 g/mol. The predicted octanol–water partition coefficient (Wildman–Crippen LogP) is 2.30. The smallest absolute Gasteiger partial charge is 0.310 e. The number of ether oxygens (including phenoxy) is 3. The van der Waals surface area contributed by atoms with Crippen molar-refractivity contribution < 1.29 is 23.8 Å². The Balaban J connectivity index is 2.61. The molecule has 1 atom stereocenters. The minimum atomic E-state index is -0.389. The van der Waals surface area contributed by atoms with E-state index in [9.17, 15) is 9.59 Å². The van der Waals surface area contributed by atoms with Gasteiger partial charge in [0.25, 0.3) is 5.91 Å². The third-order valence-corrected chi connectivity index (χ3v) is 3.92. The van der Waals surface area contributed by atoms with Gasteiger partial charge in [-0.3, -0.25) is 9.59 Å². The number of methoxy groups -OCH3 is 2. The molecule has 25 heavy (non-hydrogen) atoms. The van der Waals surface area contributed by atoms with E-state index < -0.39 is 0 Å². The van der Waals surface area contributed by atoms with Crippen molar-refractivity contribution in [1.82, 2.24) is 4.90 Å². The molecule has 0 aliphatic rings. The van der Waals surface area contributed by atoms with Crippen LogP contribution >= 0.6 is 0 Å².